The Bertz CT molecular complexity index is 825. The molecular weight excluding hydrogens is 306 g/mol. The molecule has 1 heterocycles. The Morgan fingerprint density at radius 3 is 2.50 bits per heavy atom. The lowest BCUT2D eigenvalue weighted by Crippen LogP contribution is -2.07. The van der Waals surface area contributed by atoms with Crippen molar-refractivity contribution in [3.8, 4) is 0 Å². The molecule has 0 aliphatic carbocycles. The summed E-state index contributed by atoms with van der Waals surface area (Å²) in [6.45, 7) is 2.05. The van der Waals surface area contributed by atoms with Gasteiger partial charge >= 0.3 is 5.97 Å². The fraction of sp³-hybridized carbons (Fsp3) is 0.158. The predicted octanol–water partition coefficient (Wildman–Crippen LogP) is 3.33. The number of hydrogen-bond acceptors (Lipinski definition) is 4. The van der Waals surface area contributed by atoms with Crippen molar-refractivity contribution in [1.29, 1.82) is 0 Å². The van der Waals surface area contributed by atoms with E-state index in [2.05, 4.69) is 5.32 Å². The number of ether oxygens (including phenoxy) is 2. The maximum atomic E-state index is 12.4. The summed E-state index contributed by atoms with van der Waals surface area (Å²) >= 11 is 0. The Balaban J connectivity index is 2.09. The van der Waals surface area contributed by atoms with Crippen molar-refractivity contribution in [3.05, 3.63) is 65.2 Å². The average Bonchev–Trinajstić information content (AvgIpc) is 2.92. The zero-order valence-electron chi connectivity index (χ0n) is 13.5. The van der Waals surface area contributed by atoms with Crippen LogP contribution in [0.5, 0.6) is 0 Å². The number of benzene rings is 2. The van der Waals surface area contributed by atoms with Gasteiger partial charge < -0.3 is 14.8 Å². The van der Waals surface area contributed by atoms with Gasteiger partial charge in [0.05, 0.1) is 30.5 Å². The number of carbonyl (C=O) groups excluding carboxylic acids is 2. The summed E-state index contributed by atoms with van der Waals surface area (Å²) < 4.78 is 10.5. The molecule has 0 fully saturated rings. The third-order valence-corrected chi connectivity index (χ3v) is 3.74. The van der Waals surface area contributed by atoms with E-state index >= 15 is 0 Å². The van der Waals surface area contributed by atoms with Gasteiger partial charge in [0, 0.05) is 11.1 Å². The monoisotopic (exact) mass is 323 g/mol. The Kier molecular flexibility index (Phi) is 4.33. The normalized spacial score (nSPS) is 14.7. The second-order valence-electron chi connectivity index (χ2n) is 5.21. The Labute approximate surface area is 139 Å². The van der Waals surface area contributed by atoms with Gasteiger partial charge in [0.1, 0.15) is 5.76 Å². The van der Waals surface area contributed by atoms with Crippen LogP contribution in [0.15, 0.2) is 48.5 Å². The second-order valence-corrected chi connectivity index (χ2v) is 5.21. The van der Waals surface area contributed by atoms with Crippen molar-refractivity contribution in [2.45, 2.75) is 6.92 Å². The molecular formula is C19H17NO4. The summed E-state index contributed by atoms with van der Waals surface area (Å²) in [5, 5.41) is 2.78. The van der Waals surface area contributed by atoms with Crippen LogP contribution in [0.3, 0.4) is 0 Å². The number of esters is 1. The van der Waals surface area contributed by atoms with Crippen LogP contribution in [-0.2, 0) is 14.3 Å². The average molecular weight is 323 g/mol. The summed E-state index contributed by atoms with van der Waals surface area (Å²) in [6, 6.07) is 14.4. The largest absolute Gasteiger partial charge is 0.495 e. The summed E-state index contributed by atoms with van der Waals surface area (Å²) in [5.41, 5.74) is 2.94. The number of rotatable bonds is 4. The SMILES string of the molecule is CCOC(=O)c1ccc2c(c1)NC(=O)/C2=C(\OC)c1ccccc1. The van der Waals surface area contributed by atoms with Crippen molar-refractivity contribution >= 4 is 28.9 Å². The lowest BCUT2D eigenvalue weighted by molar-refractivity contribution is -0.110. The lowest BCUT2D eigenvalue weighted by Gasteiger charge is -2.10. The number of fused-ring (bicyclic) bond motifs is 1. The van der Waals surface area contributed by atoms with Crippen molar-refractivity contribution in [1.82, 2.24) is 0 Å². The van der Waals surface area contributed by atoms with Crippen molar-refractivity contribution in [2.24, 2.45) is 0 Å². The lowest BCUT2D eigenvalue weighted by atomic mass is 10.0. The molecule has 24 heavy (non-hydrogen) atoms. The van der Waals surface area contributed by atoms with E-state index in [1.807, 2.05) is 30.3 Å². The van der Waals surface area contributed by atoms with Gasteiger partial charge in [-0.1, -0.05) is 36.4 Å². The van der Waals surface area contributed by atoms with Gasteiger partial charge in [0.15, 0.2) is 0 Å². The smallest absolute Gasteiger partial charge is 0.338 e. The number of amides is 1. The molecule has 5 nitrogen and oxygen atoms in total. The van der Waals surface area contributed by atoms with Crippen LogP contribution in [0, 0.1) is 0 Å². The highest BCUT2D eigenvalue weighted by molar-refractivity contribution is 6.36. The molecule has 3 rings (SSSR count). The van der Waals surface area contributed by atoms with E-state index in [0.717, 1.165) is 5.56 Å². The van der Waals surface area contributed by atoms with Gasteiger partial charge in [-0.25, -0.2) is 4.79 Å². The molecule has 0 saturated heterocycles. The predicted molar refractivity (Wildman–Crippen MR) is 91.3 cm³/mol. The zero-order chi connectivity index (χ0) is 17.1. The molecule has 2 aromatic carbocycles. The summed E-state index contributed by atoms with van der Waals surface area (Å²) in [7, 11) is 1.54. The molecule has 5 heteroatoms. The molecule has 0 unspecified atom stereocenters. The molecule has 2 aromatic rings. The van der Waals surface area contributed by atoms with Gasteiger partial charge in [-0.05, 0) is 19.1 Å². The van der Waals surface area contributed by atoms with Crippen LogP contribution in [0.25, 0.3) is 11.3 Å². The number of nitrogens with one attached hydrogen (secondary N) is 1. The molecule has 0 radical (unpaired) electrons. The summed E-state index contributed by atoms with van der Waals surface area (Å²) in [4.78, 5) is 24.3. The highest BCUT2D eigenvalue weighted by Gasteiger charge is 2.29. The molecule has 0 atom stereocenters. The highest BCUT2D eigenvalue weighted by atomic mass is 16.5. The molecule has 0 bridgehead atoms. The number of hydrogen-bond donors (Lipinski definition) is 1. The first kappa shape index (κ1) is 15.8. The molecule has 1 amide bonds. The van der Waals surface area contributed by atoms with Crippen molar-refractivity contribution in [3.63, 3.8) is 0 Å². The quantitative estimate of drug-likeness (QED) is 0.532. The molecule has 122 valence electrons. The van der Waals surface area contributed by atoms with Crippen molar-refractivity contribution < 1.29 is 19.1 Å². The number of methoxy groups -OCH3 is 1. The first-order valence-corrected chi connectivity index (χ1v) is 7.62. The van der Waals surface area contributed by atoms with Gasteiger partial charge in [-0.3, -0.25) is 4.79 Å². The number of carbonyl (C=O) groups is 2. The first-order valence-electron chi connectivity index (χ1n) is 7.62. The van der Waals surface area contributed by atoms with Gasteiger partial charge in [0.25, 0.3) is 5.91 Å². The van der Waals surface area contributed by atoms with Gasteiger partial charge in [-0.2, -0.15) is 0 Å². The van der Waals surface area contributed by atoms with Crippen LogP contribution >= 0.6 is 0 Å². The van der Waals surface area contributed by atoms with Crippen LogP contribution in [-0.4, -0.2) is 25.6 Å². The van der Waals surface area contributed by atoms with E-state index in [4.69, 9.17) is 9.47 Å². The molecule has 1 N–H and O–H groups in total. The molecule has 0 saturated carbocycles. The zero-order valence-corrected chi connectivity index (χ0v) is 13.5. The van der Waals surface area contributed by atoms with Crippen LogP contribution in [0.4, 0.5) is 5.69 Å². The van der Waals surface area contributed by atoms with Crippen LogP contribution in [0.2, 0.25) is 0 Å². The number of anilines is 1. The van der Waals surface area contributed by atoms with Crippen LogP contribution in [0.1, 0.15) is 28.4 Å². The maximum Gasteiger partial charge on any atom is 0.338 e. The van der Waals surface area contributed by atoms with Gasteiger partial charge in [0.2, 0.25) is 0 Å². The highest BCUT2D eigenvalue weighted by Crippen LogP contribution is 2.37. The van der Waals surface area contributed by atoms with Gasteiger partial charge in [-0.15, -0.1) is 0 Å². The standard InChI is InChI=1S/C19H17NO4/c1-3-24-19(22)13-9-10-14-15(11-13)20-18(21)16(14)17(23-2)12-7-5-4-6-8-12/h4-11H,3H2,1-2H3,(H,20,21)/b17-16-. The Morgan fingerprint density at radius 2 is 1.83 bits per heavy atom. The van der Waals surface area contributed by atoms with E-state index in [9.17, 15) is 9.59 Å². The summed E-state index contributed by atoms with van der Waals surface area (Å²) in [6.07, 6.45) is 0. The third kappa shape index (κ3) is 2.76. The fourth-order valence-corrected chi connectivity index (χ4v) is 2.69. The Hall–Kier alpha value is -3.08. The maximum absolute atomic E-state index is 12.4. The van der Waals surface area contributed by atoms with E-state index in [0.29, 0.717) is 34.8 Å². The van der Waals surface area contributed by atoms with E-state index in [1.165, 1.54) is 7.11 Å². The van der Waals surface area contributed by atoms with Crippen molar-refractivity contribution in [2.75, 3.05) is 19.0 Å². The molecule has 1 aliphatic rings. The molecule has 0 spiro atoms. The summed E-state index contributed by atoms with van der Waals surface area (Å²) in [5.74, 6) is -0.176. The minimum atomic E-state index is -0.415. The second kappa shape index (κ2) is 6.58. The van der Waals surface area contributed by atoms with Crippen LogP contribution < -0.4 is 5.32 Å². The fourth-order valence-electron chi connectivity index (χ4n) is 2.69. The first-order chi connectivity index (χ1) is 11.7. The minimum Gasteiger partial charge on any atom is -0.495 e. The third-order valence-electron chi connectivity index (χ3n) is 3.74. The Morgan fingerprint density at radius 1 is 1.08 bits per heavy atom. The van der Waals surface area contributed by atoms with E-state index in [-0.39, 0.29) is 5.91 Å². The topological polar surface area (TPSA) is 64.6 Å². The minimum absolute atomic E-state index is 0.258. The molecule has 0 aromatic heterocycles. The van der Waals surface area contributed by atoms with E-state index in [1.54, 1.807) is 25.1 Å². The van der Waals surface area contributed by atoms with E-state index < -0.39 is 5.97 Å². The molecule has 1 aliphatic heterocycles.